The van der Waals surface area contributed by atoms with Crippen LogP contribution in [0.25, 0.3) is 0 Å². The molecule has 0 spiro atoms. The molecule has 0 saturated carbocycles. The van der Waals surface area contributed by atoms with E-state index < -0.39 is 32.5 Å². The Morgan fingerprint density at radius 1 is 0.875 bits per heavy atom. The standard InChI is InChI=1S/C14H15FO7P2/c15-12-8-6-11(7-9-12)10-14(23(16,17)18,24(19,20)21)22-13-4-2-1-3-5-13/h1-9H,10H2,(H2,16,17,18)(H2,19,20,21). The minimum absolute atomic E-state index is 0.0963. The van der Waals surface area contributed by atoms with Crippen molar-refractivity contribution in [2.24, 2.45) is 0 Å². The second-order valence-electron chi connectivity index (χ2n) is 5.05. The van der Waals surface area contributed by atoms with E-state index in [0.29, 0.717) is 0 Å². The number of ether oxygens (including phenoxy) is 1. The van der Waals surface area contributed by atoms with Gasteiger partial charge in [-0.15, -0.1) is 0 Å². The SMILES string of the molecule is O=P(O)(O)C(Cc1ccc(F)cc1)(Oc1ccccc1)P(=O)(O)O. The highest BCUT2D eigenvalue weighted by molar-refractivity contribution is 7.72. The summed E-state index contributed by atoms with van der Waals surface area (Å²) in [6.07, 6.45) is -0.809. The second kappa shape index (κ2) is 6.76. The summed E-state index contributed by atoms with van der Waals surface area (Å²) < 4.78 is 42.1. The summed E-state index contributed by atoms with van der Waals surface area (Å²) in [4.78, 5) is 38.6. The van der Waals surface area contributed by atoms with Gasteiger partial charge in [0, 0.05) is 6.42 Å². The molecule has 0 saturated heterocycles. The summed E-state index contributed by atoms with van der Waals surface area (Å²) in [5.74, 6) is -0.716. The maximum absolute atomic E-state index is 13.0. The molecule has 10 heteroatoms. The predicted octanol–water partition coefficient (Wildman–Crippen LogP) is 2.46. The van der Waals surface area contributed by atoms with Crippen molar-refractivity contribution in [3.63, 3.8) is 0 Å². The van der Waals surface area contributed by atoms with Crippen LogP contribution in [-0.4, -0.2) is 24.7 Å². The lowest BCUT2D eigenvalue weighted by Gasteiger charge is -2.34. The monoisotopic (exact) mass is 376 g/mol. The molecule has 2 aromatic rings. The maximum atomic E-state index is 13.0. The molecule has 7 nitrogen and oxygen atoms in total. The molecule has 0 bridgehead atoms. The zero-order chi connectivity index (χ0) is 18.0. The average molecular weight is 376 g/mol. The molecular formula is C14H15FO7P2. The van der Waals surface area contributed by atoms with Gasteiger partial charge in [-0.05, 0) is 29.8 Å². The maximum Gasteiger partial charge on any atom is 0.381 e. The van der Waals surface area contributed by atoms with E-state index in [1.165, 1.54) is 36.4 Å². The molecular weight excluding hydrogens is 361 g/mol. The molecule has 2 rings (SSSR count). The van der Waals surface area contributed by atoms with Gasteiger partial charge < -0.3 is 24.3 Å². The summed E-state index contributed by atoms with van der Waals surface area (Å²) in [5.41, 5.74) is 0.0963. The van der Waals surface area contributed by atoms with Crippen LogP contribution < -0.4 is 4.74 Å². The highest BCUT2D eigenvalue weighted by atomic mass is 31.2. The minimum atomic E-state index is -5.45. The third-order valence-electron chi connectivity index (χ3n) is 3.28. The molecule has 0 aliphatic rings. The van der Waals surface area contributed by atoms with E-state index in [1.54, 1.807) is 6.07 Å². The minimum Gasteiger partial charge on any atom is -0.462 e. The lowest BCUT2D eigenvalue weighted by atomic mass is 10.1. The molecule has 130 valence electrons. The van der Waals surface area contributed by atoms with Crippen molar-refractivity contribution in [3.8, 4) is 5.75 Å². The van der Waals surface area contributed by atoms with E-state index in [4.69, 9.17) is 4.74 Å². The molecule has 2 aromatic carbocycles. The van der Waals surface area contributed by atoms with E-state index in [-0.39, 0.29) is 11.3 Å². The third-order valence-corrected chi connectivity index (χ3v) is 7.17. The molecule has 0 fully saturated rings. The van der Waals surface area contributed by atoms with Crippen LogP contribution in [0.15, 0.2) is 54.6 Å². The van der Waals surface area contributed by atoms with Gasteiger partial charge in [0.15, 0.2) is 0 Å². The number of para-hydroxylation sites is 1. The smallest absolute Gasteiger partial charge is 0.381 e. The lowest BCUT2D eigenvalue weighted by Crippen LogP contribution is -2.38. The molecule has 0 heterocycles. The molecule has 0 aliphatic heterocycles. The van der Waals surface area contributed by atoms with Crippen LogP contribution in [-0.2, 0) is 15.6 Å². The molecule has 0 unspecified atom stereocenters. The number of hydrogen-bond acceptors (Lipinski definition) is 3. The predicted molar refractivity (Wildman–Crippen MR) is 84.0 cm³/mol. The van der Waals surface area contributed by atoms with Crippen molar-refractivity contribution in [1.29, 1.82) is 0 Å². The van der Waals surface area contributed by atoms with Gasteiger partial charge in [0.2, 0.25) is 0 Å². The fourth-order valence-corrected chi connectivity index (χ4v) is 4.66. The molecule has 0 radical (unpaired) electrons. The first-order valence-corrected chi connectivity index (χ1v) is 9.87. The number of rotatable bonds is 6. The Labute approximate surface area is 137 Å². The Morgan fingerprint density at radius 2 is 1.38 bits per heavy atom. The molecule has 0 amide bonds. The normalized spacial score (nSPS) is 12.9. The van der Waals surface area contributed by atoms with Crippen LogP contribution in [0.3, 0.4) is 0 Å². The van der Waals surface area contributed by atoms with E-state index >= 15 is 0 Å². The van der Waals surface area contributed by atoms with Gasteiger partial charge in [-0.25, -0.2) is 4.39 Å². The van der Waals surface area contributed by atoms with Crippen molar-refractivity contribution < 1.29 is 37.8 Å². The van der Waals surface area contributed by atoms with Gasteiger partial charge in [-0.2, -0.15) is 0 Å². The van der Waals surface area contributed by atoms with Crippen LogP contribution in [0.4, 0.5) is 4.39 Å². The van der Waals surface area contributed by atoms with E-state index in [1.807, 2.05) is 0 Å². The van der Waals surface area contributed by atoms with Crippen LogP contribution in [0.2, 0.25) is 0 Å². The largest absolute Gasteiger partial charge is 0.462 e. The Bertz CT molecular complexity index is 761. The van der Waals surface area contributed by atoms with Gasteiger partial charge >= 0.3 is 20.3 Å². The topological polar surface area (TPSA) is 124 Å². The van der Waals surface area contributed by atoms with E-state index in [9.17, 15) is 33.1 Å². The molecule has 24 heavy (non-hydrogen) atoms. The average Bonchev–Trinajstić information content (AvgIpc) is 2.47. The molecule has 0 aliphatic carbocycles. The first kappa shape index (κ1) is 18.8. The third kappa shape index (κ3) is 3.92. The van der Waals surface area contributed by atoms with Gasteiger partial charge in [0.05, 0.1) is 0 Å². The van der Waals surface area contributed by atoms with Crippen molar-refractivity contribution in [2.45, 2.75) is 11.5 Å². The van der Waals surface area contributed by atoms with E-state index in [2.05, 4.69) is 0 Å². The van der Waals surface area contributed by atoms with Crippen LogP contribution >= 0.6 is 15.2 Å². The van der Waals surface area contributed by atoms with Crippen LogP contribution in [0, 0.1) is 5.82 Å². The first-order valence-electron chi connectivity index (χ1n) is 6.65. The quantitative estimate of drug-likeness (QED) is 0.571. The zero-order valence-electron chi connectivity index (χ0n) is 12.2. The fraction of sp³-hybridized carbons (Fsp3) is 0.143. The van der Waals surface area contributed by atoms with Crippen molar-refractivity contribution >= 4 is 15.2 Å². The Morgan fingerprint density at radius 3 is 1.83 bits per heavy atom. The Hall–Kier alpha value is -1.53. The number of benzene rings is 2. The van der Waals surface area contributed by atoms with Crippen molar-refractivity contribution in [1.82, 2.24) is 0 Å². The highest BCUT2D eigenvalue weighted by Gasteiger charge is 2.63. The summed E-state index contributed by atoms with van der Waals surface area (Å²) in [7, 11) is -10.9. The summed E-state index contributed by atoms with van der Waals surface area (Å²) in [5, 5.41) is -3.11. The Balaban J connectivity index is 2.56. The summed E-state index contributed by atoms with van der Waals surface area (Å²) in [6, 6.07) is 11.6. The molecule has 4 N–H and O–H groups in total. The summed E-state index contributed by atoms with van der Waals surface area (Å²) in [6.45, 7) is 0. The first-order chi connectivity index (χ1) is 11.1. The Kier molecular flexibility index (Phi) is 5.30. The van der Waals surface area contributed by atoms with Crippen molar-refractivity contribution in [2.75, 3.05) is 0 Å². The van der Waals surface area contributed by atoms with Crippen LogP contribution in [0.1, 0.15) is 5.56 Å². The second-order valence-corrected chi connectivity index (χ2v) is 9.02. The van der Waals surface area contributed by atoms with E-state index in [0.717, 1.165) is 12.1 Å². The van der Waals surface area contributed by atoms with Crippen molar-refractivity contribution in [3.05, 3.63) is 66.0 Å². The van der Waals surface area contributed by atoms with Gasteiger partial charge in [0.25, 0.3) is 0 Å². The number of halogens is 1. The number of hydrogen-bond donors (Lipinski definition) is 4. The zero-order valence-corrected chi connectivity index (χ0v) is 14.0. The van der Waals surface area contributed by atoms with Gasteiger partial charge in [0.1, 0.15) is 11.6 Å². The van der Waals surface area contributed by atoms with Gasteiger partial charge in [-0.3, -0.25) is 9.13 Å². The lowest BCUT2D eigenvalue weighted by molar-refractivity contribution is 0.152. The van der Waals surface area contributed by atoms with Gasteiger partial charge in [-0.1, -0.05) is 30.3 Å². The highest BCUT2D eigenvalue weighted by Crippen LogP contribution is 2.70. The van der Waals surface area contributed by atoms with Crippen LogP contribution in [0.5, 0.6) is 5.75 Å². The summed E-state index contributed by atoms with van der Waals surface area (Å²) >= 11 is 0. The molecule has 0 atom stereocenters. The molecule has 0 aromatic heterocycles. The fourth-order valence-electron chi connectivity index (χ4n) is 2.08.